The first-order valence-electron chi connectivity index (χ1n) is 4.75. The monoisotopic (exact) mass is 236 g/mol. The minimum Gasteiger partial charge on any atom is -0.394 e. The number of anilines is 2. The zero-order valence-electron chi connectivity index (χ0n) is 9.00. The Labute approximate surface area is 96.7 Å². The van der Waals surface area contributed by atoms with E-state index in [1.807, 2.05) is 18.4 Å². The molecule has 1 amide bonds. The molecule has 84 valence electrons. The maximum atomic E-state index is 11.8. The molecule has 5 nitrogen and oxygen atoms in total. The number of amides is 1. The molecule has 0 bridgehead atoms. The van der Waals surface area contributed by atoms with Gasteiger partial charge in [-0.25, -0.2) is 0 Å². The van der Waals surface area contributed by atoms with Gasteiger partial charge in [0.2, 0.25) is 0 Å². The Morgan fingerprint density at radius 2 is 2.31 bits per heavy atom. The van der Waals surface area contributed by atoms with Gasteiger partial charge in [-0.05, 0) is 30.9 Å². The van der Waals surface area contributed by atoms with Gasteiger partial charge in [0.25, 0.3) is 5.91 Å². The highest BCUT2D eigenvalue weighted by molar-refractivity contribution is 7.12. The number of aryl methyl sites for hydroxylation is 2. The van der Waals surface area contributed by atoms with Crippen LogP contribution in [-0.4, -0.2) is 16.1 Å². The van der Waals surface area contributed by atoms with E-state index in [0.29, 0.717) is 16.4 Å². The predicted molar refractivity (Wildman–Crippen MR) is 64.7 cm³/mol. The van der Waals surface area contributed by atoms with Gasteiger partial charge in [-0.1, -0.05) is 0 Å². The van der Waals surface area contributed by atoms with Crippen molar-refractivity contribution in [3.05, 3.63) is 27.6 Å². The first kappa shape index (κ1) is 10.7. The molecule has 0 fully saturated rings. The predicted octanol–water partition coefficient (Wildman–Crippen LogP) is 1.92. The average molecular weight is 236 g/mol. The number of rotatable bonds is 2. The summed E-state index contributed by atoms with van der Waals surface area (Å²) < 4.78 is 0. The lowest BCUT2D eigenvalue weighted by Gasteiger charge is -2.01. The van der Waals surface area contributed by atoms with Crippen molar-refractivity contribution in [1.82, 2.24) is 10.2 Å². The van der Waals surface area contributed by atoms with Crippen LogP contribution in [0, 0.1) is 13.8 Å². The van der Waals surface area contributed by atoms with Crippen LogP contribution < -0.4 is 11.1 Å². The van der Waals surface area contributed by atoms with Gasteiger partial charge in [0.05, 0.1) is 16.3 Å². The molecule has 0 saturated carbocycles. The van der Waals surface area contributed by atoms with Gasteiger partial charge >= 0.3 is 0 Å². The minimum atomic E-state index is -0.175. The van der Waals surface area contributed by atoms with Crippen LogP contribution in [0.4, 0.5) is 11.5 Å². The number of nitrogens with zero attached hydrogens (tertiary/aromatic N) is 1. The molecule has 4 N–H and O–H groups in total. The Morgan fingerprint density at radius 1 is 1.56 bits per heavy atom. The van der Waals surface area contributed by atoms with Crippen molar-refractivity contribution in [2.45, 2.75) is 13.8 Å². The number of carbonyl (C=O) groups excluding carboxylic acids is 1. The van der Waals surface area contributed by atoms with Crippen LogP contribution in [0.5, 0.6) is 0 Å². The van der Waals surface area contributed by atoms with E-state index in [1.54, 1.807) is 6.92 Å². The van der Waals surface area contributed by atoms with Crippen molar-refractivity contribution in [2.75, 3.05) is 11.1 Å². The van der Waals surface area contributed by atoms with Crippen LogP contribution in [-0.2, 0) is 0 Å². The first-order valence-corrected chi connectivity index (χ1v) is 5.63. The van der Waals surface area contributed by atoms with E-state index >= 15 is 0 Å². The zero-order valence-corrected chi connectivity index (χ0v) is 9.81. The largest absolute Gasteiger partial charge is 0.394 e. The average Bonchev–Trinajstić information content (AvgIpc) is 2.79. The van der Waals surface area contributed by atoms with Crippen molar-refractivity contribution < 1.29 is 4.79 Å². The molecule has 2 heterocycles. The van der Waals surface area contributed by atoms with Crippen molar-refractivity contribution >= 4 is 28.7 Å². The van der Waals surface area contributed by atoms with Crippen molar-refractivity contribution in [3.63, 3.8) is 0 Å². The van der Waals surface area contributed by atoms with Crippen molar-refractivity contribution in [3.8, 4) is 0 Å². The Kier molecular flexibility index (Phi) is 2.66. The fourth-order valence-electron chi connectivity index (χ4n) is 1.30. The Balaban J connectivity index is 2.20. The number of aromatic amines is 1. The van der Waals surface area contributed by atoms with Gasteiger partial charge in [0.15, 0.2) is 5.82 Å². The lowest BCUT2D eigenvalue weighted by Crippen LogP contribution is -2.12. The Morgan fingerprint density at radius 3 is 2.81 bits per heavy atom. The SMILES string of the molecule is Cc1ccsc1C(=O)Nc1n[nH]c(C)c1N. The fraction of sp³-hybridized carbons (Fsp3) is 0.200. The normalized spacial score (nSPS) is 10.4. The Hall–Kier alpha value is -1.82. The van der Waals surface area contributed by atoms with Crippen LogP contribution in [0.2, 0.25) is 0 Å². The highest BCUT2D eigenvalue weighted by atomic mass is 32.1. The summed E-state index contributed by atoms with van der Waals surface area (Å²) >= 11 is 1.40. The van der Waals surface area contributed by atoms with Gasteiger partial charge in [0.1, 0.15) is 0 Å². The second-order valence-corrected chi connectivity index (χ2v) is 4.41. The van der Waals surface area contributed by atoms with Crippen molar-refractivity contribution in [2.24, 2.45) is 0 Å². The number of aromatic nitrogens is 2. The summed E-state index contributed by atoms with van der Waals surface area (Å²) in [5, 5.41) is 11.2. The Bertz CT molecular complexity index is 529. The maximum absolute atomic E-state index is 11.8. The third-order valence-corrected chi connectivity index (χ3v) is 3.31. The smallest absolute Gasteiger partial charge is 0.267 e. The lowest BCUT2D eigenvalue weighted by molar-refractivity contribution is 0.102. The van der Waals surface area contributed by atoms with Crippen LogP contribution in [0.3, 0.4) is 0 Å². The van der Waals surface area contributed by atoms with E-state index in [0.717, 1.165) is 11.3 Å². The number of nitrogen functional groups attached to an aromatic ring is 1. The molecule has 0 aromatic carbocycles. The third-order valence-electron chi connectivity index (χ3n) is 2.29. The molecular weight excluding hydrogens is 224 g/mol. The summed E-state index contributed by atoms with van der Waals surface area (Å²) in [7, 11) is 0. The summed E-state index contributed by atoms with van der Waals surface area (Å²) in [4.78, 5) is 12.5. The second-order valence-electron chi connectivity index (χ2n) is 3.50. The van der Waals surface area contributed by atoms with Gasteiger partial charge < -0.3 is 11.1 Å². The highest BCUT2D eigenvalue weighted by Crippen LogP contribution is 2.21. The lowest BCUT2D eigenvalue weighted by atomic mass is 10.3. The molecule has 2 aromatic rings. The molecule has 0 saturated heterocycles. The maximum Gasteiger partial charge on any atom is 0.267 e. The molecule has 0 radical (unpaired) electrons. The number of H-pyrrole nitrogens is 1. The van der Waals surface area contributed by atoms with E-state index in [-0.39, 0.29) is 5.91 Å². The van der Waals surface area contributed by atoms with Gasteiger partial charge in [-0.2, -0.15) is 5.10 Å². The summed E-state index contributed by atoms with van der Waals surface area (Å²) in [5.41, 5.74) is 7.91. The molecule has 2 rings (SSSR count). The van der Waals surface area contributed by atoms with E-state index in [1.165, 1.54) is 11.3 Å². The van der Waals surface area contributed by atoms with E-state index < -0.39 is 0 Å². The van der Waals surface area contributed by atoms with Crippen LogP contribution in [0.25, 0.3) is 0 Å². The first-order chi connectivity index (χ1) is 7.59. The second kappa shape index (κ2) is 3.97. The number of carbonyl (C=O) groups is 1. The van der Waals surface area contributed by atoms with Crippen LogP contribution >= 0.6 is 11.3 Å². The topological polar surface area (TPSA) is 83.8 Å². The van der Waals surface area contributed by atoms with Crippen LogP contribution in [0.1, 0.15) is 20.9 Å². The van der Waals surface area contributed by atoms with E-state index in [4.69, 9.17) is 5.73 Å². The summed E-state index contributed by atoms with van der Waals surface area (Å²) in [6, 6.07) is 1.90. The summed E-state index contributed by atoms with van der Waals surface area (Å²) in [6.45, 7) is 3.69. The molecule has 0 spiro atoms. The van der Waals surface area contributed by atoms with Crippen LogP contribution in [0.15, 0.2) is 11.4 Å². The summed E-state index contributed by atoms with van der Waals surface area (Å²) in [5.74, 6) is 0.209. The number of hydrogen-bond donors (Lipinski definition) is 3. The van der Waals surface area contributed by atoms with Gasteiger partial charge in [-0.3, -0.25) is 9.89 Å². The van der Waals surface area contributed by atoms with Gasteiger partial charge in [0, 0.05) is 0 Å². The standard InChI is InChI=1S/C10H12N4OS/c1-5-3-4-16-8(5)10(15)12-9-7(11)6(2)13-14-9/h3-4H,11H2,1-2H3,(H2,12,13,14,15). The highest BCUT2D eigenvalue weighted by Gasteiger charge is 2.14. The third kappa shape index (κ3) is 1.79. The van der Waals surface area contributed by atoms with Crippen molar-refractivity contribution in [1.29, 1.82) is 0 Å². The molecule has 16 heavy (non-hydrogen) atoms. The quantitative estimate of drug-likeness (QED) is 0.744. The number of hydrogen-bond acceptors (Lipinski definition) is 4. The van der Waals surface area contributed by atoms with Gasteiger partial charge in [-0.15, -0.1) is 11.3 Å². The zero-order chi connectivity index (χ0) is 11.7. The fourth-order valence-corrected chi connectivity index (χ4v) is 2.12. The molecule has 2 aromatic heterocycles. The van der Waals surface area contributed by atoms with E-state index in [2.05, 4.69) is 15.5 Å². The molecule has 0 aliphatic heterocycles. The summed E-state index contributed by atoms with van der Waals surface area (Å²) in [6.07, 6.45) is 0. The molecule has 0 unspecified atom stereocenters. The molecule has 0 atom stereocenters. The molecular formula is C10H12N4OS. The number of thiophene rings is 1. The molecule has 0 aliphatic carbocycles. The number of nitrogens with two attached hydrogens (primary N) is 1. The minimum absolute atomic E-state index is 0.175. The molecule has 0 aliphatic rings. The number of nitrogens with one attached hydrogen (secondary N) is 2. The molecule has 6 heteroatoms. The van der Waals surface area contributed by atoms with E-state index in [9.17, 15) is 4.79 Å².